The second-order valence-corrected chi connectivity index (χ2v) is 8.50. The van der Waals surface area contributed by atoms with Gasteiger partial charge in [0, 0.05) is 38.8 Å². The van der Waals surface area contributed by atoms with Gasteiger partial charge in [0.1, 0.15) is 6.61 Å². The first-order valence-electron chi connectivity index (χ1n) is 12.4. The molecular weight excluding hydrogens is 410 g/mol. The van der Waals surface area contributed by atoms with E-state index in [2.05, 4.69) is 20.6 Å². The number of unbranched alkanes of at least 4 members (excludes halogenated alkanes) is 1. The number of rotatable bonds is 19. The molecule has 0 spiro atoms. The SMILES string of the molecule is C#CCOCCOCCOCCOCCN1CCN(CCCCN2CCC[C@H]2CO)CC1. The maximum absolute atomic E-state index is 9.41. The van der Waals surface area contributed by atoms with Crippen molar-refractivity contribution in [2.75, 3.05) is 112 Å². The summed E-state index contributed by atoms with van der Waals surface area (Å²) in [4.78, 5) is 7.54. The minimum atomic E-state index is 0.318. The van der Waals surface area contributed by atoms with Crippen molar-refractivity contribution in [1.82, 2.24) is 14.7 Å². The van der Waals surface area contributed by atoms with E-state index in [-0.39, 0.29) is 0 Å². The van der Waals surface area contributed by atoms with Gasteiger partial charge in [-0.1, -0.05) is 5.92 Å². The molecular formula is C24H45N3O5. The number of hydrogen-bond acceptors (Lipinski definition) is 8. The molecule has 0 bridgehead atoms. The van der Waals surface area contributed by atoms with Crippen LogP contribution in [0, 0.1) is 12.3 Å². The van der Waals surface area contributed by atoms with E-state index < -0.39 is 0 Å². The summed E-state index contributed by atoms with van der Waals surface area (Å²) in [5, 5.41) is 9.41. The summed E-state index contributed by atoms with van der Waals surface area (Å²) in [6.45, 7) is 13.9. The Morgan fingerprint density at radius 1 is 0.719 bits per heavy atom. The molecule has 0 amide bonds. The Balaban J connectivity index is 1.32. The van der Waals surface area contributed by atoms with Gasteiger partial charge in [0.2, 0.25) is 0 Å². The lowest BCUT2D eigenvalue weighted by Gasteiger charge is -2.34. The molecule has 2 aliphatic heterocycles. The van der Waals surface area contributed by atoms with Crippen LogP contribution in [-0.4, -0.2) is 138 Å². The third-order valence-electron chi connectivity index (χ3n) is 6.20. The zero-order valence-electron chi connectivity index (χ0n) is 19.9. The molecule has 0 aromatic carbocycles. The zero-order valence-corrected chi connectivity index (χ0v) is 19.9. The van der Waals surface area contributed by atoms with Crippen LogP contribution in [-0.2, 0) is 18.9 Å². The van der Waals surface area contributed by atoms with E-state index in [0.29, 0.717) is 58.9 Å². The molecule has 2 rings (SSSR count). The Hall–Kier alpha value is -0.760. The molecule has 0 saturated carbocycles. The molecule has 8 heteroatoms. The Bertz CT molecular complexity index is 483. The van der Waals surface area contributed by atoms with Crippen LogP contribution >= 0.6 is 0 Å². The summed E-state index contributed by atoms with van der Waals surface area (Å²) in [6.07, 6.45) is 9.98. The molecule has 0 aromatic heterocycles. The van der Waals surface area contributed by atoms with Crippen LogP contribution in [0.2, 0.25) is 0 Å². The number of piperazine rings is 1. The predicted octanol–water partition coefficient (Wildman–Crippen LogP) is 0.541. The highest BCUT2D eigenvalue weighted by Crippen LogP contribution is 2.17. The van der Waals surface area contributed by atoms with Gasteiger partial charge in [0.15, 0.2) is 0 Å². The molecule has 8 nitrogen and oxygen atoms in total. The Morgan fingerprint density at radius 2 is 1.28 bits per heavy atom. The molecule has 1 N–H and O–H groups in total. The van der Waals surface area contributed by atoms with Crippen molar-refractivity contribution in [3.05, 3.63) is 0 Å². The molecule has 2 saturated heterocycles. The number of aliphatic hydroxyl groups excluding tert-OH is 1. The monoisotopic (exact) mass is 455 g/mol. The molecule has 1 atom stereocenters. The standard InChI is InChI=1S/C24H45N3O5/c1-2-15-29-17-19-31-21-22-32-20-18-30-16-14-26-12-10-25(11-13-26)7-3-4-8-27-9-5-6-24(27)23-28/h1,24,28H,3-23H2/t24-/m0/s1. The van der Waals surface area contributed by atoms with Gasteiger partial charge in [-0.25, -0.2) is 0 Å². The maximum Gasteiger partial charge on any atom is 0.107 e. The second-order valence-electron chi connectivity index (χ2n) is 8.50. The number of hydrogen-bond donors (Lipinski definition) is 1. The molecule has 0 radical (unpaired) electrons. The van der Waals surface area contributed by atoms with Crippen molar-refractivity contribution >= 4 is 0 Å². The lowest BCUT2D eigenvalue weighted by molar-refractivity contribution is -0.00259. The summed E-state index contributed by atoms with van der Waals surface area (Å²) >= 11 is 0. The fourth-order valence-corrected chi connectivity index (χ4v) is 4.27. The molecule has 2 fully saturated rings. The molecule has 0 unspecified atom stereocenters. The summed E-state index contributed by atoms with van der Waals surface area (Å²) in [7, 11) is 0. The first-order valence-corrected chi connectivity index (χ1v) is 12.4. The largest absolute Gasteiger partial charge is 0.395 e. The fourth-order valence-electron chi connectivity index (χ4n) is 4.27. The van der Waals surface area contributed by atoms with Crippen LogP contribution in [0.25, 0.3) is 0 Å². The van der Waals surface area contributed by atoms with Crippen molar-refractivity contribution in [3.8, 4) is 12.3 Å². The van der Waals surface area contributed by atoms with Crippen LogP contribution in [0.4, 0.5) is 0 Å². The predicted molar refractivity (Wildman–Crippen MR) is 126 cm³/mol. The lowest BCUT2D eigenvalue weighted by Crippen LogP contribution is -2.47. The summed E-state index contributed by atoms with van der Waals surface area (Å²) in [5.74, 6) is 2.42. The summed E-state index contributed by atoms with van der Waals surface area (Å²) in [5.41, 5.74) is 0. The molecule has 2 heterocycles. The van der Waals surface area contributed by atoms with Gasteiger partial charge in [-0.2, -0.15) is 0 Å². The topological polar surface area (TPSA) is 66.9 Å². The number of aliphatic hydroxyl groups is 1. The highest BCUT2D eigenvalue weighted by molar-refractivity contribution is 4.82. The normalized spacial score (nSPS) is 20.7. The van der Waals surface area contributed by atoms with Gasteiger partial charge in [-0.15, -0.1) is 6.42 Å². The first-order chi connectivity index (χ1) is 15.8. The van der Waals surface area contributed by atoms with Crippen molar-refractivity contribution in [1.29, 1.82) is 0 Å². The number of terminal acetylenes is 1. The molecule has 186 valence electrons. The van der Waals surface area contributed by atoms with Gasteiger partial charge < -0.3 is 29.0 Å². The van der Waals surface area contributed by atoms with Gasteiger partial charge in [-0.05, 0) is 45.3 Å². The van der Waals surface area contributed by atoms with E-state index in [1.54, 1.807) is 0 Å². The second kappa shape index (κ2) is 18.6. The highest BCUT2D eigenvalue weighted by Gasteiger charge is 2.23. The first kappa shape index (κ1) is 27.5. The molecule has 0 aliphatic carbocycles. The minimum Gasteiger partial charge on any atom is -0.395 e. The molecule has 32 heavy (non-hydrogen) atoms. The highest BCUT2D eigenvalue weighted by atomic mass is 16.6. The van der Waals surface area contributed by atoms with Gasteiger partial charge >= 0.3 is 0 Å². The van der Waals surface area contributed by atoms with E-state index >= 15 is 0 Å². The van der Waals surface area contributed by atoms with Crippen LogP contribution in [0.1, 0.15) is 25.7 Å². The van der Waals surface area contributed by atoms with Crippen molar-refractivity contribution in [3.63, 3.8) is 0 Å². The third-order valence-corrected chi connectivity index (χ3v) is 6.20. The third kappa shape index (κ3) is 12.5. The Labute approximate surface area is 195 Å². The van der Waals surface area contributed by atoms with Crippen molar-refractivity contribution in [2.45, 2.75) is 31.7 Å². The van der Waals surface area contributed by atoms with Gasteiger partial charge in [0.05, 0.1) is 52.9 Å². The van der Waals surface area contributed by atoms with E-state index in [9.17, 15) is 5.11 Å². The van der Waals surface area contributed by atoms with Crippen LogP contribution in [0.5, 0.6) is 0 Å². The van der Waals surface area contributed by atoms with E-state index in [1.165, 1.54) is 25.8 Å². The molecule has 2 aliphatic rings. The van der Waals surface area contributed by atoms with E-state index in [4.69, 9.17) is 25.4 Å². The van der Waals surface area contributed by atoms with Crippen LogP contribution < -0.4 is 0 Å². The fraction of sp³-hybridized carbons (Fsp3) is 0.917. The average molecular weight is 456 g/mol. The smallest absolute Gasteiger partial charge is 0.107 e. The zero-order chi connectivity index (χ0) is 22.7. The lowest BCUT2D eigenvalue weighted by atomic mass is 10.2. The minimum absolute atomic E-state index is 0.318. The Morgan fingerprint density at radius 3 is 1.91 bits per heavy atom. The maximum atomic E-state index is 9.41. The van der Waals surface area contributed by atoms with Crippen LogP contribution in [0.15, 0.2) is 0 Å². The van der Waals surface area contributed by atoms with Gasteiger partial charge in [0.25, 0.3) is 0 Å². The van der Waals surface area contributed by atoms with Crippen molar-refractivity contribution in [2.24, 2.45) is 0 Å². The van der Waals surface area contributed by atoms with Gasteiger partial charge in [-0.3, -0.25) is 9.80 Å². The number of likely N-dealkylation sites (tertiary alicyclic amines) is 1. The van der Waals surface area contributed by atoms with Crippen molar-refractivity contribution < 1.29 is 24.1 Å². The summed E-state index contributed by atoms with van der Waals surface area (Å²) in [6, 6.07) is 0.414. The van der Waals surface area contributed by atoms with E-state index in [1.807, 2.05) is 0 Å². The molecule has 0 aromatic rings. The van der Waals surface area contributed by atoms with E-state index in [0.717, 1.165) is 58.8 Å². The summed E-state index contributed by atoms with van der Waals surface area (Å²) < 4.78 is 21.7. The number of nitrogens with zero attached hydrogens (tertiary/aromatic N) is 3. The number of ether oxygens (including phenoxy) is 4. The Kier molecular flexibility index (Phi) is 16.0. The quantitative estimate of drug-likeness (QED) is 0.224. The average Bonchev–Trinajstić information content (AvgIpc) is 3.28. The van der Waals surface area contributed by atoms with Crippen LogP contribution in [0.3, 0.4) is 0 Å².